The fourth-order valence-electron chi connectivity index (χ4n) is 4.82. The van der Waals surface area contributed by atoms with Gasteiger partial charge in [0.15, 0.2) is 12.4 Å². The number of hydrogen-bond donors (Lipinski definition) is 0. The Hall–Kier alpha value is -0.850. The Kier molecular flexibility index (Phi) is 21.3. The van der Waals surface area contributed by atoms with E-state index in [2.05, 4.69) is 42.9 Å². The highest BCUT2D eigenvalue weighted by Gasteiger charge is 2.03. The average Bonchev–Trinajstić information content (AvgIpc) is 2.81. The number of aromatic nitrogens is 1. The van der Waals surface area contributed by atoms with Crippen molar-refractivity contribution in [2.24, 2.45) is 0 Å². The van der Waals surface area contributed by atoms with Gasteiger partial charge in [-0.2, -0.15) is 0 Å². The lowest BCUT2D eigenvalue weighted by atomic mass is 10.0. The van der Waals surface area contributed by atoms with Crippen LogP contribution in [-0.2, 0) is 13.0 Å². The largest absolute Gasteiger partial charge is 0.205 e. The highest BCUT2D eigenvalue weighted by atomic mass is 14.9. The second-order valence-corrected chi connectivity index (χ2v) is 10.3. The molecule has 1 rings (SSSR count). The normalized spacial score (nSPS) is 11.3. The number of aryl methyl sites for hydroxylation is 2. The molecule has 0 unspecified atom stereocenters. The zero-order chi connectivity index (χ0) is 23.0. The fraction of sp³-hybridized carbons (Fsp3) is 0.839. The molecule has 0 fully saturated rings. The molecule has 1 aromatic heterocycles. The Morgan fingerprint density at radius 3 is 1.38 bits per heavy atom. The van der Waals surface area contributed by atoms with E-state index in [-0.39, 0.29) is 0 Å². The molecule has 1 heteroatoms. The molecule has 0 saturated carbocycles. The second-order valence-electron chi connectivity index (χ2n) is 10.3. The van der Waals surface area contributed by atoms with Gasteiger partial charge >= 0.3 is 0 Å². The van der Waals surface area contributed by atoms with Gasteiger partial charge in [-0.1, -0.05) is 136 Å². The Balaban J connectivity index is 1.85. The van der Waals surface area contributed by atoms with Gasteiger partial charge in [0, 0.05) is 18.1 Å². The van der Waals surface area contributed by atoms with Crippen molar-refractivity contribution in [1.82, 2.24) is 0 Å². The van der Waals surface area contributed by atoms with Crippen LogP contribution >= 0.6 is 0 Å². The van der Waals surface area contributed by atoms with Crippen molar-refractivity contribution in [1.29, 1.82) is 0 Å². The van der Waals surface area contributed by atoms with Gasteiger partial charge in [0.1, 0.15) is 6.54 Å². The van der Waals surface area contributed by atoms with Gasteiger partial charge in [-0.3, -0.25) is 0 Å². The van der Waals surface area contributed by atoms with E-state index in [1.165, 1.54) is 160 Å². The fourth-order valence-corrected chi connectivity index (χ4v) is 4.82. The lowest BCUT2D eigenvalue weighted by Gasteiger charge is -2.04. The summed E-state index contributed by atoms with van der Waals surface area (Å²) in [5.74, 6) is 0. The van der Waals surface area contributed by atoms with E-state index in [0.29, 0.717) is 0 Å². The molecular formula is C31H58N+. The van der Waals surface area contributed by atoms with Crippen molar-refractivity contribution in [3.05, 3.63) is 30.1 Å². The summed E-state index contributed by atoms with van der Waals surface area (Å²) in [6.45, 7) is 5.78. The minimum Gasteiger partial charge on any atom is -0.205 e. The molecule has 1 aromatic rings. The summed E-state index contributed by atoms with van der Waals surface area (Å²) in [6.07, 6.45) is 37.4. The zero-order valence-corrected chi connectivity index (χ0v) is 22.2. The van der Waals surface area contributed by atoms with Gasteiger partial charge in [0.2, 0.25) is 0 Å². The predicted octanol–water partition coefficient (Wildman–Crippen LogP) is 10.1. The molecule has 0 aliphatic heterocycles. The summed E-state index contributed by atoms with van der Waals surface area (Å²) in [7, 11) is 0. The van der Waals surface area contributed by atoms with Crippen LogP contribution in [-0.4, -0.2) is 0 Å². The average molecular weight is 445 g/mol. The van der Waals surface area contributed by atoms with Gasteiger partial charge in [0.05, 0.1) is 0 Å². The minimum atomic E-state index is 1.19. The number of hydrogen-bond acceptors (Lipinski definition) is 0. The molecule has 0 radical (unpaired) electrons. The first-order valence-corrected chi connectivity index (χ1v) is 14.8. The molecule has 0 N–H and O–H groups in total. The Morgan fingerprint density at radius 1 is 0.500 bits per heavy atom. The summed E-state index contributed by atoms with van der Waals surface area (Å²) in [5, 5.41) is 0. The predicted molar refractivity (Wildman–Crippen MR) is 143 cm³/mol. The maximum Gasteiger partial charge on any atom is 0.171 e. The van der Waals surface area contributed by atoms with E-state index in [1.807, 2.05) is 0 Å². The first-order valence-electron chi connectivity index (χ1n) is 14.8. The van der Waals surface area contributed by atoms with E-state index in [4.69, 9.17) is 0 Å². The molecule has 0 aliphatic carbocycles. The molecule has 186 valence electrons. The van der Waals surface area contributed by atoms with Crippen molar-refractivity contribution < 1.29 is 4.57 Å². The Labute approximate surface area is 202 Å². The smallest absolute Gasteiger partial charge is 0.171 e. The zero-order valence-electron chi connectivity index (χ0n) is 22.2. The monoisotopic (exact) mass is 444 g/mol. The van der Waals surface area contributed by atoms with Crippen LogP contribution in [0.5, 0.6) is 0 Å². The molecule has 1 heterocycles. The van der Waals surface area contributed by atoms with E-state index >= 15 is 0 Å². The molecule has 0 bridgehead atoms. The van der Waals surface area contributed by atoms with Crippen LogP contribution in [0.25, 0.3) is 0 Å². The van der Waals surface area contributed by atoms with Crippen LogP contribution in [0.2, 0.25) is 0 Å². The second kappa shape index (κ2) is 23.3. The van der Waals surface area contributed by atoms with Crippen molar-refractivity contribution in [2.75, 3.05) is 0 Å². The van der Waals surface area contributed by atoms with Crippen LogP contribution in [0.15, 0.2) is 24.5 Å². The topological polar surface area (TPSA) is 3.88 Å². The van der Waals surface area contributed by atoms with Crippen molar-refractivity contribution >= 4 is 0 Å². The van der Waals surface area contributed by atoms with Crippen LogP contribution in [0.3, 0.4) is 0 Å². The summed E-state index contributed by atoms with van der Waals surface area (Å²) in [4.78, 5) is 0. The standard InChI is InChI=1S/C31H58N/c1-3-5-7-9-10-11-12-13-14-15-16-17-18-19-20-21-23-26-31-27-25-29-32(30-31)28-24-22-8-6-4-2/h25,27,29-30H,3-24,26,28H2,1-2H3/q+1. The molecule has 1 nitrogen and oxygen atoms in total. The van der Waals surface area contributed by atoms with E-state index in [0.717, 1.165) is 0 Å². The number of pyridine rings is 1. The summed E-state index contributed by atoms with van der Waals surface area (Å²) in [5.41, 5.74) is 1.53. The summed E-state index contributed by atoms with van der Waals surface area (Å²) in [6, 6.07) is 4.56. The van der Waals surface area contributed by atoms with Gasteiger partial charge in [-0.15, -0.1) is 0 Å². The molecule has 0 saturated heterocycles. The molecule has 32 heavy (non-hydrogen) atoms. The maximum atomic E-state index is 2.41. The minimum absolute atomic E-state index is 1.19. The van der Waals surface area contributed by atoms with E-state index in [9.17, 15) is 0 Å². The molecular weight excluding hydrogens is 386 g/mol. The summed E-state index contributed by atoms with van der Waals surface area (Å²) >= 11 is 0. The Bertz CT molecular complexity index is 495. The first kappa shape index (κ1) is 29.2. The van der Waals surface area contributed by atoms with Crippen molar-refractivity contribution in [3.8, 4) is 0 Å². The van der Waals surface area contributed by atoms with Gasteiger partial charge in [-0.25, -0.2) is 4.57 Å². The van der Waals surface area contributed by atoms with Crippen molar-refractivity contribution in [2.45, 2.75) is 168 Å². The van der Waals surface area contributed by atoms with Gasteiger partial charge in [0.25, 0.3) is 0 Å². The highest BCUT2D eigenvalue weighted by molar-refractivity contribution is 5.05. The van der Waals surface area contributed by atoms with Crippen LogP contribution in [0.1, 0.15) is 161 Å². The quantitative estimate of drug-likeness (QED) is 0.110. The lowest BCUT2D eigenvalue weighted by Crippen LogP contribution is -2.33. The Morgan fingerprint density at radius 2 is 0.906 bits per heavy atom. The van der Waals surface area contributed by atoms with E-state index < -0.39 is 0 Å². The van der Waals surface area contributed by atoms with Crippen LogP contribution in [0, 0.1) is 0 Å². The molecule has 0 atom stereocenters. The molecule has 0 spiro atoms. The number of unbranched alkanes of at least 4 members (excludes halogenated alkanes) is 20. The SMILES string of the molecule is CCCCCCCCCCCCCCCCCCCc1ccc[n+](CCCCCCC)c1. The van der Waals surface area contributed by atoms with Crippen molar-refractivity contribution in [3.63, 3.8) is 0 Å². The third kappa shape index (κ3) is 18.7. The van der Waals surface area contributed by atoms with E-state index in [1.54, 1.807) is 0 Å². The third-order valence-electron chi connectivity index (χ3n) is 7.01. The number of rotatable bonds is 24. The molecule has 0 aromatic carbocycles. The lowest BCUT2D eigenvalue weighted by molar-refractivity contribution is -0.697. The van der Waals surface area contributed by atoms with Crippen LogP contribution in [0.4, 0.5) is 0 Å². The maximum absolute atomic E-state index is 2.41. The van der Waals surface area contributed by atoms with Gasteiger partial charge in [-0.05, 0) is 25.3 Å². The number of nitrogens with zero attached hydrogens (tertiary/aromatic N) is 1. The first-order chi connectivity index (χ1) is 15.9. The summed E-state index contributed by atoms with van der Waals surface area (Å²) < 4.78 is 2.41. The molecule has 0 aliphatic rings. The van der Waals surface area contributed by atoms with Gasteiger partial charge < -0.3 is 0 Å². The third-order valence-corrected chi connectivity index (χ3v) is 7.01. The highest BCUT2D eigenvalue weighted by Crippen LogP contribution is 2.14. The molecule has 0 amide bonds. The van der Waals surface area contributed by atoms with Crippen LogP contribution < -0.4 is 4.57 Å².